The van der Waals surface area contributed by atoms with E-state index < -0.39 is 11.9 Å². The van der Waals surface area contributed by atoms with Crippen LogP contribution in [0.4, 0.5) is 10.1 Å². The van der Waals surface area contributed by atoms with Gasteiger partial charge in [-0.1, -0.05) is 24.3 Å². The lowest BCUT2D eigenvalue weighted by molar-refractivity contribution is -0.128. The summed E-state index contributed by atoms with van der Waals surface area (Å²) >= 11 is 0. The molecule has 27 heavy (non-hydrogen) atoms. The number of carbonyl (C=O) groups is 3. The quantitative estimate of drug-likeness (QED) is 0.821. The number of rotatable bonds is 5. The highest BCUT2D eigenvalue weighted by atomic mass is 19.1. The molecule has 0 radical (unpaired) electrons. The van der Waals surface area contributed by atoms with Crippen LogP contribution in [0.2, 0.25) is 0 Å². The first-order valence-corrected chi connectivity index (χ1v) is 8.48. The smallest absolute Gasteiger partial charge is 0.339 e. The number of nitrogens with zero attached hydrogens (tertiary/aromatic N) is 1. The summed E-state index contributed by atoms with van der Waals surface area (Å²) in [5.74, 6) is -1.88. The van der Waals surface area contributed by atoms with Gasteiger partial charge in [-0.15, -0.1) is 0 Å². The van der Waals surface area contributed by atoms with E-state index in [-0.39, 0.29) is 36.2 Å². The monoisotopic (exact) mass is 370 g/mol. The molecule has 1 unspecified atom stereocenters. The lowest BCUT2D eigenvalue weighted by Gasteiger charge is -2.17. The number of hydrogen-bond donors (Lipinski definition) is 1. The molecular formula is C20H19FN2O4. The number of methoxy groups -OCH3 is 1. The van der Waals surface area contributed by atoms with Crippen molar-refractivity contribution in [2.75, 3.05) is 19.0 Å². The predicted molar refractivity (Wildman–Crippen MR) is 96.3 cm³/mol. The number of anilines is 1. The molecule has 0 saturated carbocycles. The van der Waals surface area contributed by atoms with Gasteiger partial charge in [0, 0.05) is 19.5 Å². The van der Waals surface area contributed by atoms with Gasteiger partial charge < -0.3 is 15.0 Å². The number of esters is 1. The van der Waals surface area contributed by atoms with Gasteiger partial charge in [0.05, 0.1) is 24.3 Å². The van der Waals surface area contributed by atoms with Gasteiger partial charge in [0.2, 0.25) is 11.8 Å². The van der Waals surface area contributed by atoms with Crippen LogP contribution >= 0.6 is 0 Å². The molecule has 7 heteroatoms. The van der Waals surface area contributed by atoms with Crippen molar-refractivity contribution in [1.29, 1.82) is 0 Å². The van der Waals surface area contributed by atoms with E-state index in [1.807, 2.05) is 0 Å². The highest BCUT2D eigenvalue weighted by Crippen LogP contribution is 2.23. The molecule has 140 valence electrons. The van der Waals surface area contributed by atoms with Crippen LogP contribution in [0, 0.1) is 11.7 Å². The van der Waals surface area contributed by atoms with Crippen molar-refractivity contribution in [3.63, 3.8) is 0 Å². The van der Waals surface area contributed by atoms with E-state index in [2.05, 4.69) is 5.32 Å². The number of likely N-dealkylation sites (tertiary alicyclic amines) is 1. The van der Waals surface area contributed by atoms with Crippen molar-refractivity contribution >= 4 is 23.5 Å². The summed E-state index contributed by atoms with van der Waals surface area (Å²) in [5, 5.41) is 2.71. The van der Waals surface area contributed by atoms with E-state index in [4.69, 9.17) is 4.74 Å². The highest BCUT2D eigenvalue weighted by Gasteiger charge is 2.34. The second-order valence-corrected chi connectivity index (χ2v) is 6.33. The molecule has 0 aliphatic carbocycles. The molecule has 0 spiro atoms. The summed E-state index contributed by atoms with van der Waals surface area (Å²) in [4.78, 5) is 38.2. The molecule has 2 aromatic rings. The molecule has 1 atom stereocenters. The van der Waals surface area contributed by atoms with Gasteiger partial charge in [0.25, 0.3) is 0 Å². The molecule has 2 aromatic carbocycles. The van der Waals surface area contributed by atoms with Crippen LogP contribution in [0.15, 0.2) is 48.5 Å². The van der Waals surface area contributed by atoms with E-state index in [9.17, 15) is 18.8 Å². The fourth-order valence-electron chi connectivity index (χ4n) is 3.03. The summed E-state index contributed by atoms with van der Waals surface area (Å²) in [6, 6.07) is 12.4. The number of halogens is 1. The average Bonchev–Trinajstić information content (AvgIpc) is 3.04. The molecule has 2 amide bonds. The Hall–Kier alpha value is -3.22. The molecule has 0 bridgehead atoms. The summed E-state index contributed by atoms with van der Waals surface area (Å²) in [5.41, 5.74) is 1.39. The lowest BCUT2D eigenvalue weighted by Crippen LogP contribution is -2.28. The third kappa shape index (κ3) is 4.31. The van der Waals surface area contributed by atoms with Gasteiger partial charge in [-0.3, -0.25) is 9.59 Å². The zero-order chi connectivity index (χ0) is 19.4. The standard InChI is InChI=1S/C20H19FN2O4/c1-27-20(26)16-4-2-3-5-17(16)22-19(25)14-10-18(24)23(12-14)11-13-6-8-15(21)9-7-13/h2-9,14H,10-12H2,1H3,(H,22,25). The van der Waals surface area contributed by atoms with Gasteiger partial charge >= 0.3 is 5.97 Å². The maximum atomic E-state index is 13.0. The highest BCUT2D eigenvalue weighted by molar-refractivity contribution is 6.03. The Bertz CT molecular complexity index is 867. The first-order valence-electron chi connectivity index (χ1n) is 8.48. The maximum Gasteiger partial charge on any atom is 0.339 e. The van der Waals surface area contributed by atoms with E-state index in [0.717, 1.165) is 5.56 Å². The molecule has 1 heterocycles. The molecule has 1 aliphatic heterocycles. The van der Waals surface area contributed by atoms with E-state index >= 15 is 0 Å². The third-order valence-corrected chi connectivity index (χ3v) is 4.46. The van der Waals surface area contributed by atoms with Crippen molar-refractivity contribution in [2.24, 2.45) is 5.92 Å². The Morgan fingerprint density at radius 3 is 2.59 bits per heavy atom. The average molecular weight is 370 g/mol. The topological polar surface area (TPSA) is 75.7 Å². The summed E-state index contributed by atoms with van der Waals surface area (Å²) in [6.07, 6.45) is 0.0907. The van der Waals surface area contributed by atoms with Gasteiger partial charge in [-0.2, -0.15) is 0 Å². The minimum Gasteiger partial charge on any atom is -0.465 e. The Balaban J connectivity index is 1.66. The normalized spacial score (nSPS) is 16.3. The predicted octanol–water partition coefficient (Wildman–Crippen LogP) is 2.60. The van der Waals surface area contributed by atoms with E-state index in [0.29, 0.717) is 12.2 Å². The fraction of sp³-hybridized carbons (Fsp3) is 0.250. The van der Waals surface area contributed by atoms with E-state index in [1.165, 1.54) is 19.2 Å². The molecule has 1 N–H and O–H groups in total. The Morgan fingerprint density at radius 2 is 1.89 bits per heavy atom. The van der Waals surface area contributed by atoms with E-state index in [1.54, 1.807) is 41.3 Å². The Labute approximate surface area is 155 Å². The number of hydrogen-bond acceptors (Lipinski definition) is 4. The minimum atomic E-state index is -0.550. The van der Waals surface area contributed by atoms with Crippen molar-refractivity contribution in [3.8, 4) is 0 Å². The molecular weight excluding hydrogens is 351 g/mol. The summed E-state index contributed by atoms with van der Waals surface area (Å²) in [6.45, 7) is 0.587. The van der Waals surface area contributed by atoms with Crippen LogP contribution in [-0.4, -0.2) is 36.3 Å². The first kappa shape index (κ1) is 18.6. The minimum absolute atomic E-state index is 0.0907. The van der Waals surface area contributed by atoms with Crippen LogP contribution in [0.3, 0.4) is 0 Å². The Kier molecular flexibility index (Phi) is 5.49. The number of carbonyl (C=O) groups excluding carboxylic acids is 3. The lowest BCUT2D eigenvalue weighted by atomic mass is 10.1. The van der Waals surface area contributed by atoms with Crippen LogP contribution in [0.5, 0.6) is 0 Å². The first-order chi connectivity index (χ1) is 13.0. The van der Waals surface area contributed by atoms with Crippen molar-refractivity contribution in [1.82, 2.24) is 4.90 Å². The summed E-state index contributed by atoms with van der Waals surface area (Å²) < 4.78 is 17.7. The fourth-order valence-corrected chi connectivity index (χ4v) is 3.03. The molecule has 1 fully saturated rings. The zero-order valence-corrected chi connectivity index (χ0v) is 14.8. The van der Waals surface area contributed by atoms with Crippen molar-refractivity contribution in [2.45, 2.75) is 13.0 Å². The number of amides is 2. The van der Waals surface area contributed by atoms with Crippen LogP contribution < -0.4 is 5.32 Å². The molecule has 1 aliphatic rings. The maximum absolute atomic E-state index is 13.0. The van der Waals surface area contributed by atoms with Crippen LogP contribution in [0.25, 0.3) is 0 Å². The molecule has 6 nitrogen and oxygen atoms in total. The molecule has 0 aromatic heterocycles. The van der Waals surface area contributed by atoms with Crippen molar-refractivity contribution in [3.05, 3.63) is 65.5 Å². The van der Waals surface area contributed by atoms with Gasteiger partial charge in [0.1, 0.15) is 5.82 Å². The van der Waals surface area contributed by atoms with Gasteiger partial charge in [-0.25, -0.2) is 9.18 Å². The number of para-hydroxylation sites is 1. The van der Waals surface area contributed by atoms with Gasteiger partial charge in [-0.05, 0) is 29.8 Å². The third-order valence-electron chi connectivity index (χ3n) is 4.46. The Morgan fingerprint density at radius 1 is 1.19 bits per heavy atom. The molecule has 1 saturated heterocycles. The van der Waals surface area contributed by atoms with Crippen LogP contribution in [0.1, 0.15) is 22.3 Å². The van der Waals surface area contributed by atoms with Gasteiger partial charge in [0.15, 0.2) is 0 Å². The number of ether oxygens (including phenoxy) is 1. The second-order valence-electron chi connectivity index (χ2n) is 6.33. The second kappa shape index (κ2) is 7.99. The zero-order valence-electron chi connectivity index (χ0n) is 14.8. The van der Waals surface area contributed by atoms with Crippen molar-refractivity contribution < 1.29 is 23.5 Å². The number of benzene rings is 2. The summed E-state index contributed by atoms with van der Waals surface area (Å²) in [7, 11) is 1.27. The molecule has 3 rings (SSSR count). The number of nitrogens with one attached hydrogen (secondary N) is 1. The van der Waals surface area contributed by atoms with Crippen LogP contribution in [-0.2, 0) is 20.9 Å². The SMILES string of the molecule is COC(=O)c1ccccc1NC(=O)C1CC(=O)N(Cc2ccc(F)cc2)C1. The largest absolute Gasteiger partial charge is 0.465 e.